The molecule has 3 rings (SSSR count). The van der Waals surface area contributed by atoms with Crippen molar-refractivity contribution in [2.75, 3.05) is 26.2 Å². The van der Waals surface area contributed by atoms with Crippen LogP contribution in [0.5, 0.6) is 5.75 Å². The summed E-state index contributed by atoms with van der Waals surface area (Å²) in [6.07, 6.45) is 3.76. The molecule has 1 unspecified atom stereocenters. The third-order valence-electron chi connectivity index (χ3n) is 4.47. The van der Waals surface area contributed by atoms with Crippen LogP contribution in [0.25, 0.3) is 0 Å². The zero-order valence-corrected chi connectivity index (χ0v) is 14.7. The average molecular weight is 357 g/mol. The van der Waals surface area contributed by atoms with Crippen LogP contribution in [0.4, 0.5) is 4.39 Å². The highest BCUT2D eigenvalue weighted by molar-refractivity contribution is 5.77. The van der Waals surface area contributed by atoms with Crippen molar-refractivity contribution < 1.29 is 13.9 Å². The fourth-order valence-corrected chi connectivity index (χ4v) is 3.15. The standard InChI is InChI=1S/C20H24FN3O2/c21-18-8-1-2-9-19(18)26-15-16-6-5-11-24(13-16)14-20(25)23-12-17-7-3-4-10-22-17/h1-4,7-10,16H,5-6,11-15H2,(H,23,25). The zero-order chi connectivity index (χ0) is 18.2. The number of para-hydroxylation sites is 1. The van der Waals surface area contributed by atoms with Gasteiger partial charge in [0, 0.05) is 18.7 Å². The van der Waals surface area contributed by atoms with Gasteiger partial charge in [0.2, 0.25) is 5.91 Å². The monoisotopic (exact) mass is 357 g/mol. The van der Waals surface area contributed by atoms with Crippen LogP contribution in [0.15, 0.2) is 48.7 Å². The maximum Gasteiger partial charge on any atom is 0.234 e. The summed E-state index contributed by atoms with van der Waals surface area (Å²) in [5.74, 6) is 0.241. The van der Waals surface area contributed by atoms with E-state index in [9.17, 15) is 9.18 Å². The molecule has 138 valence electrons. The van der Waals surface area contributed by atoms with Crippen molar-refractivity contribution in [3.8, 4) is 5.75 Å². The second-order valence-electron chi connectivity index (χ2n) is 6.58. The third kappa shape index (κ3) is 5.52. The SMILES string of the molecule is O=C(CN1CCCC(COc2ccccc2F)C1)NCc1ccccn1. The molecule has 1 aromatic carbocycles. The molecule has 1 fully saturated rings. The molecule has 2 heterocycles. The number of hydrogen-bond donors (Lipinski definition) is 1. The fourth-order valence-electron chi connectivity index (χ4n) is 3.15. The normalized spacial score (nSPS) is 17.7. The molecule has 1 aromatic heterocycles. The molecule has 0 saturated carbocycles. The van der Waals surface area contributed by atoms with E-state index in [1.165, 1.54) is 6.07 Å². The number of piperidine rings is 1. The highest BCUT2D eigenvalue weighted by Crippen LogP contribution is 2.20. The minimum Gasteiger partial charge on any atom is -0.490 e. The molecule has 1 saturated heterocycles. The van der Waals surface area contributed by atoms with E-state index in [0.29, 0.717) is 25.6 Å². The molecular formula is C20H24FN3O2. The number of aromatic nitrogens is 1. The lowest BCUT2D eigenvalue weighted by atomic mass is 9.99. The lowest BCUT2D eigenvalue weighted by Crippen LogP contribution is -2.43. The fraction of sp³-hybridized carbons (Fsp3) is 0.400. The van der Waals surface area contributed by atoms with Crippen molar-refractivity contribution in [1.82, 2.24) is 15.2 Å². The number of carbonyl (C=O) groups is 1. The number of halogens is 1. The van der Waals surface area contributed by atoms with Crippen LogP contribution in [0.2, 0.25) is 0 Å². The van der Waals surface area contributed by atoms with Gasteiger partial charge in [-0.05, 0) is 43.7 Å². The predicted octanol–water partition coefficient (Wildman–Crippen LogP) is 2.63. The van der Waals surface area contributed by atoms with Gasteiger partial charge >= 0.3 is 0 Å². The molecule has 1 aliphatic rings. The summed E-state index contributed by atoms with van der Waals surface area (Å²) in [4.78, 5) is 18.5. The molecule has 0 bridgehead atoms. The van der Waals surface area contributed by atoms with Crippen molar-refractivity contribution in [3.05, 3.63) is 60.2 Å². The van der Waals surface area contributed by atoms with Gasteiger partial charge in [-0.1, -0.05) is 18.2 Å². The van der Waals surface area contributed by atoms with Gasteiger partial charge in [0.25, 0.3) is 0 Å². The van der Waals surface area contributed by atoms with E-state index in [1.807, 2.05) is 18.2 Å². The lowest BCUT2D eigenvalue weighted by Gasteiger charge is -2.32. The summed E-state index contributed by atoms with van der Waals surface area (Å²) < 4.78 is 19.2. The third-order valence-corrected chi connectivity index (χ3v) is 4.47. The topological polar surface area (TPSA) is 54.5 Å². The molecule has 26 heavy (non-hydrogen) atoms. The van der Waals surface area contributed by atoms with E-state index in [2.05, 4.69) is 15.2 Å². The molecule has 5 nitrogen and oxygen atoms in total. The largest absolute Gasteiger partial charge is 0.490 e. The van der Waals surface area contributed by atoms with Crippen molar-refractivity contribution in [3.63, 3.8) is 0 Å². The van der Waals surface area contributed by atoms with Crippen molar-refractivity contribution in [2.24, 2.45) is 5.92 Å². The van der Waals surface area contributed by atoms with Gasteiger partial charge in [0.1, 0.15) is 0 Å². The van der Waals surface area contributed by atoms with Gasteiger partial charge in [-0.2, -0.15) is 0 Å². The summed E-state index contributed by atoms with van der Waals surface area (Å²) in [6, 6.07) is 12.1. The summed E-state index contributed by atoms with van der Waals surface area (Å²) in [7, 11) is 0. The average Bonchev–Trinajstić information content (AvgIpc) is 2.67. The van der Waals surface area contributed by atoms with E-state index in [0.717, 1.165) is 31.6 Å². The first-order valence-corrected chi connectivity index (χ1v) is 8.97. The van der Waals surface area contributed by atoms with Crippen LogP contribution >= 0.6 is 0 Å². The van der Waals surface area contributed by atoms with Crippen LogP contribution in [-0.2, 0) is 11.3 Å². The molecule has 0 aliphatic carbocycles. The van der Waals surface area contributed by atoms with Crippen LogP contribution in [0.3, 0.4) is 0 Å². The Morgan fingerprint density at radius 1 is 1.27 bits per heavy atom. The van der Waals surface area contributed by atoms with Gasteiger partial charge in [-0.15, -0.1) is 0 Å². The Bertz CT molecular complexity index is 711. The van der Waals surface area contributed by atoms with Crippen LogP contribution in [-0.4, -0.2) is 42.0 Å². The number of nitrogens with one attached hydrogen (secondary N) is 1. The number of likely N-dealkylation sites (tertiary alicyclic amines) is 1. The molecular weight excluding hydrogens is 333 g/mol. The van der Waals surface area contributed by atoms with Gasteiger partial charge in [-0.3, -0.25) is 14.7 Å². The first-order chi connectivity index (χ1) is 12.7. The number of amides is 1. The Morgan fingerprint density at radius 3 is 2.92 bits per heavy atom. The van der Waals surface area contributed by atoms with Gasteiger partial charge in [0.15, 0.2) is 11.6 Å². The highest BCUT2D eigenvalue weighted by Gasteiger charge is 2.22. The molecule has 1 amide bonds. The minimum atomic E-state index is -0.339. The second kappa shape index (κ2) is 9.29. The van der Waals surface area contributed by atoms with Gasteiger partial charge < -0.3 is 10.1 Å². The van der Waals surface area contributed by atoms with E-state index < -0.39 is 0 Å². The van der Waals surface area contributed by atoms with Crippen LogP contribution in [0.1, 0.15) is 18.5 Å². The minimum absolute atomic E-state index is 0.00803. The Labute approximate surface area is 153 Å². The van der Waals surface area contributed by atoms with E-state index in [1.54, 1.807) is 24.4 Å². The molecule has 6 heteroatoms. The van der Waals surface area contributed by atoms with Crippen molar-refractivity contribution in [2.45, 2.75) is 19.4 Å². The van der Waals surface area contributed by atoms with Gasteiger partial charge in [-0.25, -0.2) is 4.39 Å². The number of nitrogens with zero attached hydrogens (tertiary/aromatic N) is 2. The predicted molar refractivity (Wildman–Crippen MR) is 97.1 cm³/mol. The lowest BCUT2D eigenvalue weighted by molar-refractivity contribution is -0.122. The summed E-state index contributed by atoms with van der Waals surface area (Å²) in [6.45, 7) is 2.95. The number of pyridine rings is 1. The van der Waals surface area contributed by atoms with Crippen LogP contribution < -0.4 is 10.1 Å². The zero-order valence-electron chi connectivity index (χ0n) is 14.7. The second-order valence-corrected chi connectivity index (χ2v) is 6.58. The molecule has 0 radical (unpaired) electrons. The highest BCUT2D eigenvalue weighted by atomic mass is 19.1. The first-order valence-electron chi connectivity index (χ1n) is 8.97. The Balaban J connectivity index is 1.41. The Hall–Kier alpha value is -2.47. The maximum atomic E-state index is 13.6. The molecule has 1 aliphatic heterocycles. The summed E-state index contributed by atoms with van der Waals surface area (Å²) in [5, 5.41) is 2.90. The Kier molecular flexibility index (Phi) is 6.55. The van der Waals surface area contributed by atoms with E-state index in [4.69, 9.17) is 4.74 Å². The molecule has 1 atom stereocenters. The molecule has 0 spiro atoms. The summed E-state index contributed by atoms with van der Waals surface area (Å²) in [5.41, 5.74) is 0.843. The number of benzene rings is 1. The Morgan fingerprint density at radius 2 is 2.12 bits per heavy atom. The number of hydrogen-bond acceptors (Lipinski definition) is 4. The number of carbonyl (C=O) groups excluding carboxylic acids is 1. The first kappa shape index (κ1) is 18.3. The molecule has 2 aromatic rings. The number of rotatable bonds is 7. The van der Waals surface area contributed by atoms with E-state index in [-0.39, 0.29) is 17.5 Å². The maximum absolute atomic E-state index is 13.6. The van der Waals surface area contributed by atoms with Crippen molar-refractivity contribution >= 4 is 5.91 Å². The van der Waals surface area contributed by atoms with Crippen molar-refractivity contribution in [1.29, 1.82) is 0 Å². The molecule has 1 N–H and O–H groups in total. The quantitative estimate of drug-likeness (QED) is 0.828. The number of ether oxygens (including phenoxy) is 1. The van der Waals surface area contributed by atoms with Crippen LogP contribution in [0, 0.1) is 11.7 Å². The summed E-state index contributed by atoms with van der Waals surface area (Å²) >= 11 is 0. The smallest absolute Gasteiger partial charge is 0.234 e. The van der Waals surface area contributed by atoms with E-state index >= 15 is 0 Å². The van der Waals surface area contributed by atoms with Gasteiger partial charge in [0.05, 0.1) is 25.4 Å².